The number of rotatable bonds is 8. The Bertz CT molecular complexity index is 1150. The molecule has 0 spiro atoms. The number of hydrogen-bond donors (Lipinski definition) is 0. The van der Waals surface area contributed by atoms with Crippen LogP contribution in [0.1, 0.15) is 44.9 Å². The van der Waals surface area contributed by atoms with Crippen LogP contribution in [0.25, 0.3) is 11.0 Å². The summed E-state index contributed by atoms with van der Waals surface area (Å²) >= 11 is 0. The molecule has 0 fully saturated rings. The number of carbonyl (C=O) groups is 3. The van der Waals surface area contributed by atoms with Crippen molar-refractivity contribution in [3.8, 4) is 0 Å². The zero-order valence-corrected chi connectivity index (χ0v) is 18.5. The first-order valence-electron chi connectivity index (χ1n) is 10.1. The van der Waals surface area contributed by atoms with Gasteiger partial charge in [0.05, 0.1) is 26.2 Å². The summed E-state index contributed by atoms with van der Waals surface area (Å²) in [6.07, 6.45) is 1.80. The Balaban J connectivity index is 1.63. The Morgan fingerprint density at radius 3 is 2.42 bits per heavy atom. The second-order valence-corrected chi connectivity index (χ2v) is 7.72. The average Bonchev–Trinajstić information content (AvgIpc) is 3.24. The van der Waals surface area contributed by atoms with E-state index in [9.17, 15) is 14.4 Å². The molecule has 1 aromatic carbocycles. The number of nitrogens with zero attached hydrogens (tertiary/aromatic N) is 1. The zero-order chi connectivity index (χ0) is 22.7. The van der Waals surface area contributed by atoms with Gasteiger partial charge in [-0.15, -0.1) is 0 Å². The number of esters is 2. The minimum Gasteiger partial charge on any atom is -0.469 e. The maximum Gasteiger partial charge on any atom is 0.310 e. The van der Waals surface area contributed by atoms with Crippen LogP contribution in [0.5, 0.6) is 0 Å². The van der Waals surface area contributed by atoms with Crippen LogP contribution in [0.2, 0.25) is 0 Å². The highest BCUT2D eigenvalue weighted by molar-refractivity contribution is 5.99. The number of aryl methyl sites for hydroxylation is 3. The van der Waals surface area contributed by atoms with Gasteiger partial charge in [-0.2, -0.15) is 0 Å². The molecule has 7 heteroatoms. The molecule has 2 heterocycles. The lowest BCUT2D eigenvalue weighted by atomic mass is 10.0. The fraction of sp³-hybridized carbons (Fsp3) is 0.375. The van der Waals surface area contributed by atoms with Crippen LogP contribution in [0.15, 0.2) is 28.9 Å². The third-order valence-corrected chi connectivity index (χ3v) is 5.61. The average molecular weight is 425 g/mol. The van der Waals surface area contributed by atoms with Gasteiger partial charge in [0.15, 0.2) is 6.61 Å². The summed E-state index contributed by atoms with van der Waals surface area (Å²) in [5, 5.41) is 0.875. The Kier molecular flexibility index (Phi) is 6.63. The van der Waals surface area contributed by atoms with Crippen molar-refractivity contribution in [2.45, 2.75) is 47.1 Å². The number of ketones is 1. The number of Topliss-reactive ketones (excluding diaryl/α,β-unsaturated/α-hetero) is 1. The topological polar surface area (TPSA) is 87.7 Å². The molecular weight excluding hydrogens is 398 g/mol. The summed E-state index contributed by atoms with van der Waals surface area (Å²) in [6.45, 7) is 7.76. The predicted octanol–water partition coefficient (Wildman–Crippen LogP) is 4.00. The van der Waals surface area contributed by atoms with Gasteiger partial charge < -0.3 is 18.5 Å². The number of hydrogen-bond acceptors (Lipinski definition) is 6. The molecule has 3 aromatic rings. The minimum atomic E-state index is -0.492. The van der Waals surface area contributed by atoms with Crippen LogP contribution >= 0.6 is 0 Å². The largest absolute Gasteiger partial charge is 0.469 e. The summed E-state index contributed by atoms with van der Waals surface area (Å²) in [5.74, 6) is -1.09. The van der Waals surface area contributed by atoms with Crippen LogP contribution in [0, 0.1) is 27.7 Å². The van der Waals surface area contributed by atoms with E-state index in [2.05, 4.69) is 4.74 Å². The Morgan fingerprint density at radius 1 is 1.00 bits per heavy atom. The van der Waals surface area contributed by atoms with Crippen molar-refractivity contribution >= 4 is 28.7 Å². The molecule has 7 nitrogen and oxygen atoms in total. The summed E-state index contributed by atoms with van der Waals surface area (Å²) in [6, 6.07) is 5.68. The fourth-order valence-corrected chi connectivity index (χ4v) is 3.64. The predicted molar refractivity (Wildman–Crippen MR) is 115 cm³/mol. The molecule has 164 valence electrons. The lowest BCUT2D eigenvalue weighted by Gasteiger charge is -2.09. The number of ether oxygens (including phenoxy) is 2. The molecule has 0 aliphatic carbocycles. The van der Waals surface area contributed by atoms with E-state index in [0.29, 0.717) is 12.1 Å². The van der Waals surface area contributed by atoms with Crippen molar-refractivity contribution < 1.29 is 28.3 Å². The molecule has 31 heavy (non-hydrogen) atoms. The molecule has 0 amide bonds. The first-order chi connectivity index (χ1) is 14.7. The van der Waals surface area contributed by atoms with Crippen LogP contribution < -0.4 is 0 Å². The van der Waals surface area contributed by atoms with Crippen LogP contribution in [0.4, 0.5) is 0 Å². The zero-order valence-electron chi connectivity index (χ0n) is 18.5. The quantitative estimate of drug-likeness (QED) is 0.400. The first kappa shape index (κ1) is 22.3. The van der Waals surface area contributed by atoms with Crippen molar-refractivity contribution in [2.75, 3.05) is 13.7 Å². The molecule has 0 aliphatic rings. The first-order valence-corrected chi connectivity index (χ1v) is 10.1. The van der Waals surface area contributed by atoms with E-state index < -0.39 is 5.97 Å². The number of carbonyl (C=O) groups excluding carboxylic acids is 3. The summed E-state index contributed by atoms with van der Waals surface area (Å²) < 4.78 is 17.3. The molecule has 0 saturated carbocycles. The molecule has 0 N–H and O–H groups in total. The Hall–Kier alpha value is -3.35. The lowest BCUT2D eigenvalue weighted by Crippen LogP contribution is -2.16. The highest BCUT2D eigenvalue weighted by Gasteiger charge is 2.19. The Morgan fingerprint density at radius 2 is 1.71 bits per heavy atom. The van der Waals surface area contributed by atoms with Crippen molar-refractivity contribution in [1.82, 2.24) is 4.57 Å². The normalized spacial score (nSPS) is 11.0. The van der Waals surface area contributed by atoms with Gasteiger partial charge in [0.25, 0.3) is 0 Å². The van der Waals surface area contributed by atoms with Gasteiger partial charge in [-0.05, 0) is 57.0 Å². The van der Waals surface area contributed by atoms with E-state index in [1.165, 1.54) is 7.11 Å². The van der Waals surface area contributed by atoms with Crippen molar-refractivity contribution in [1.29, 1.82) is 0 Å². The maximum atomic E-state index is 12.6. The van der Waals surface area contributed by atoms with Crippen molar-refractivity contribution in [3.05, 3.63) is 58.1 Å². The van der Waals surface area contributed by atoms with Crippen LogP contribution in [-0.2, 0) is 32.0 Å². The van der Waals surface area contributed by atoms with Crippen LogP contribution in [0.3, 0.4) is 0 Å². The van der Waals surface area contributed by atoms with Gasteiger partial charge in [0, 0.05) is 34.4 Å². The van der Waals surface area contributed by atoms with Crippen molar-refractivity contribution in [3.63, 3.8) is 0 Å². The summed E-state index contributed by atoms with van der Waals surface area (Å²) in [5.41, 5.74) is 5.75. The fourth-order valence-electron chi connectivity index (χ4n) is 3.64. The van der Waals surface area contributed by atoms with E-state index in [4.69, 9.17) is 9.15 Å². The smallest absolute Gasteiger partial charge is 0.310 e. The summed E-state index contributed by atoms with van der Waals surface area (Å²) in [7, 11) is 1.34. The van der Waals surface area contributed by atoms with Gasteiger partial charge >= 0.3 is 11.9 Å². The number of benzene rings is 1. The van der Waals surface area contributed by atoms with Gasteiger partial charge in [0.1, 0.15) is 5.58 Å². The number of aromatic nitrogens is 1. The van der Waals surface area contributed by atoms with E-state index in [1.54, 1.807) is 19.3 Å². The van der Waals surface area contributed by atoms with Gasteiger partial charge in [-0.25, -0.2) is 0 Å². The van der Waals surface area contributed by atoms with Gasteiger partial charge in [-0.3, -0.25) is 14.4 Å². The number of methoxy groups -OCH3 is 1. The molecule has 0 radical (unpaired) electrons. The number of fused-ring (bicyclic) bond motifs is 1. The standard InChI is InChI=1S/C24H27NO6/c1-14-8-20-18(12-30-22(20)9-15(14)2)11-24(28)31-13-21(26)19-10-16(3)25(17(19)4)7-6-23(27)29-5/h8-10,12H,6-7,11,13H2,1-5H3. The molecule has 0 saturated heterocycles. The third kappa shape index (κ3) is 4.87. The monoisotopic (exact) mass is 425 g/mol. The Labute approximate surface area is 180 Å². The lowest BCUT2D eigenvalue weighted by molar-refractivity contribution is -0.142. The number of furan rings is 1. The molecule has 0 bridgehead atoms. The molecule has 3 rings (SSSR count). The molecule has 0 unspecified atom stereocenters. The molecule has 2 aromatic heterocycles. The van der Waals surface area contributed by atoms with Crippen LogP contribution in [-0.4, -0.2) is 36.0 Å². The molecule has 0 aliphatic heterocycles. The minimum absolute atomic E-state index is 0.0287. The van der Waals surface area contributed by atoms with Gasteiger partial charge in [-0.1, -0.05) is 0 Å². The molecule has 0 atom stereocenters. The second kappa shape index (κ2) is 9.20. The SMILES string of the molecule is COC(=O)CCn1c(C)cc(C(=O)COC(=O)Cc2coc3cc(C)c(C)cc23)c1C. The van der Waals surface area contributed by atoms with E-state index in [-0.39, 0.29) is 31.2 Å². The molecular formula is C24H27NO6. The van der Waals surface area contributed by atoms with E-state index >= 15 is 0 Å². The van der Waals surface area contributed by atoms with E-state index in [0.717, 1.165) is 39.0 Å². The highest BCUT2D eigenvalue weighted by Crippen LogP contribution is 2.25. The van der Waals surface area contributed by atoms with Crippen molar-refractivity contribution in [2.24, 2.45) is 0 Å². The van der Waals surface area contributed by atoms with Gasteiger partial charge in [0.2, 0.25) is 5.78 Å². The highest BCUT2D eigenvalue weighted by atomic mass is 16.5. The third-order valence-electron chi connectivity index (χ3n) is 5.61. The second-order valence-electron chi connectivity index (χ2n) is 7.72. The summed E-state index contributed by atoms with van der Waals surface area (Å²) in [4.78, 5) is 36.4. The maximum absolute atomic E-state index is 12.6. The van der Waals surface area contributed by atoms with E-state index in [1.807, 2.05) is 37.5 Å².